The van der Waals surface area contributed by atoms with Gasteiger partial charge in [0.1, 0.15) is 5.75 Å². The Bertz CT molecular complexity index is 419. The number of rotatable bonds is 6. The Kier molecular flexibility index (Phi) is 6.14. The van der Waals surface area contributed by atoms with E-state index in [0.717, 1.165) is 45.1 Å². The normalized spacial score (nSPS) is 16.8. The third-order valence-corrected chi connectivity index (χ3v) is 4.24. The molecule has 1 saturated heterocycles. The van der Waals surface area contributed by atoms with Crippen molar-refractivity contribution in [1.29, 1.82) is 0 Å². The van der Waals surface area contributed by atoms with Gasteiger partial charge in [-0.3, -0.25) is 4.90 Å². The van der Waals surface area contributed by atoms with Gasteiger partial charge in [-0.05, 0) is 62.5 Å². The number of phenolic OH excluding ortho intramolecular Hbond substituents is 1. The second-order valence-corrected chi connectivity index (χ2v) is 6.12. The summed E-state index contributed by atoms with van der Waals surface area (Å²) in [5.74, 6) is 0.964. The molecule has 1 fully saturated rings. The standard InChI is InChI=1S/C16H25ClN2O/c1-2-9-19(11-13-5-7-18-8-6-13)12-14-3-4-16(20)15(17)10-14/h3-4,10,13,18,20H,2,5-9,11-12H2,1H3. The molecule has 1 aromatic carbocycles. The van der Waals surface area contributed by atoms with E-state index in [1.807, 2.05) is 12.1 Å². The van der Waals surface area contributed by atoms with Crippen LogP contribution in [-0.4, -0.2) is 36.2 Å². The largest absolute Gasteiger partial charge is 0.506 e. The van der Waals surface area contributed by atoms with Crippen LogP contribution in [0.4, 0.5) is 0 Å². The molecule has 1 aromatic rings. The van der Waals surface area contributed by atoms with Gasteiger partial charge in [0.05, 0.1) is 5.02 Å². The number of halogens is 1. The average molecular weight is 297 g/mol. The minimum Gasteiger partial charge on any atom is -0.506 e. The molecule has 1 aliphatic rings. The van der Waals surface area contributed by atoms with Crippen molar-refractivity contribution >= 4 is 11.6 Å². The lowest BCUT2D eigenvalue weighted by Crippen LogP contribution is -2.36. The molecule has 3 nitrogen and oxygen atoms in total. The lowest BCUT2D eigenvalue weighted by atomic mass is 9.97. The number of nitrogens with one attached hydrogen (secondary N) is 1. The van der Waals surface area contributed by atoms with Crippen LogP contribution >= 0.6 is 11.6 Å². The zero-order valence-electron chi connectivity index (χ0n) is 12.2. The van der Waals surface area contributed by atoms with Crippen LogP contribution in [0.15, 0.2) is 18.2 Å². The molecule has 4 heteroatoms. The van der Waals surface area contributed by atoms with Gasteiger partial charge in [-0.2, -0.15) is 0 Å². The maximum Gasteiger partial charge on any atom is 0.134 e. The van der Waals surface area contributed by atoms with Gasteiger partial charge in [0.25, 0.3) is 0 Å². The van der Waals surface area contributed by atoms with Crippen molar-refractivity contribution in [2.24, 2.45) is 5.92 Å². The average Bonchev–Trinajstić information content (AvgIpc) is 2.44. The second kappa shape index (κ2) is 7.87. The summed E-state index contributed by atoms with van der Waals surface area (Å²) < 4.78 is 0. The van der Waals surface area contributed by atoms with Crippen LogP contribution in [0.25, 0.3) is 0 Å². The van der Waals surface area contributed by atoms with Gasteiger partial charge in [-0.15, -0.1) is 0 Å². The molecule has 1 heterocycles. The Balaban J connectivity index is 1.94. The summed E-state index contributed by atoms with van der Waals surface area (Å²) in [7, 11) is 0. The van der Waals surface area contributed by atoms with E-state index in [4.69, 9.17) is 11.6 Å². The topological polar surface area (TPSA) is 35.5 Å². The predicted octanol–water partition coefficient (Wildman–Crippen LogP) is 3.26. The van der Waals surface area contributed by atoms with Crippen LogP contribution in [0.2, 0.25) is 5.02 Å². The molecule has 0 radical (unpaired) electrons. The minimum absolute atomic E-state index is 0.163. The molecular formula is C16H25ClN2O. The van der Waals surface area contributed by atoms with Crippen LogP contribution in [0, 0.1) is 5.92 Å². The van der Waals surface area contributed by atoms with Gasteiger partial charge >= 0.3 is 0 Å². The maximum absolute atomic E-state index is 9.49. The van der Waals surface area contributed by atoms with Gasteiger partial charge < -0.3 is 10.4 Å². The quantitative estimate of drug-likeness (QED) is 0.846. The van der Waals surface area contributed by atoms with E-state index in [2.05, 4.69) is 17.1 Å². The van der Waals surface area contributed by atoms with Crippen molar-refractivity contribution in [2.75, 3.05) is 26.2 Å². The Morgan fingerprint density at radius 2 is 2.10 bits per heavy atom. The molecular weight excluding hydrogens is 272 g/mol. The van der Waals surface area contributed by atoms with Crippen molar-refractivity contribution in [3.63, 3.8) is 0 Å². The van der Waals surface area contributed by atoms with Crippen LogP contribution in [0.3, 0.4) is 0 Å². The van der Waals surface area contributed by atoms with Crippen LogP contribution in [0.5, 0.6) is 5.75 Å². The van der Waals surface area contributed by atoms with E-state index < -0.39 is 0 Å². The molecule has 20 heavy (non-hydrogen) atoms. The molecule has 0 aliphatic carbocycles. The number of hydrogen-bond donors (Lipinski definition) is 2. The Morgan fingerprint density at radius 3 is 2.75 bits per heavy atom. The first-order chi connectivity index (χ1) is 9.69. The van der Waals surface area contributed by atoms with Crippen molar-refractivity contribution in [1.82, 2.24) is 10.2 Å². The van der Waals surface area contributed by atoms with Gasteiger partial charge in [-0.25, -0.2) is 0 Å². The molecule has 2 rings (SSSR count). The summed E-state index contributed by atoms with van der Waals surface area (Å²) in [5, 5.41) is 13.4. The smallest absolute Gasteiger partial charge is 0.134 e. The number of hydrogen-bond acceptors (Lipinski definition) is 3. The highest BCUT2D eigenvalue weighted by atomic mass is 35.5. The van der Waals surface area contributed by atoms with Gasteiger partial charge in [0, 0.05) is 13.1 Å². The Labute approximate surface area is 126 Å². The van der Waals surface area contributed by atoms with Crippen molar-refractivity contribution in [3.8, 4) is 5.75 Å². The highest BCUT2D eigenvalue weighted by Gasteiger charge is 2.17. The van der Waals surface area contributed by atoms with E-state index in [1.165, 1.54) is 18.4 Å². The van der Waals surface area contributed by atoms with Crippen LogP contribution in [0.1, 0.15) is 31.7 Å². The molecule has 0 amide bonds. The third-order valence-electron chi connectivity index (χ3n) is 3.93. The molecule has 0 saturated carbocycles. The lowest BCUT2D eigenvalue weighted by Gasteiger charge is -2.30. The molecule has 0 unspecified atom stereocenters. The molecule has 0 spiro atoms. The summed E-state index contributed by atoms with van der Waals surface area (Å²) in [6.07, 6.45) is 3.71. The fourth-order valence-electron chi connectivity index (χ4n) is 2.89. The molecule has 2 N–H and O–H groups in total. The molecule has 0 aromatic heterocycles. The highest BCUT2D eigenvalue weighted by Crippen LogP contribution is 2.24. The number of benzene rings is 1. The van der Waals surface area contributed by atoms with E-state index in [9.17, 15) is 5.11 Å². The first-order valence-corrected chi connectivity index (χ1v) is 7.97. The fourth-order valence-corrected chi connectivity index (χ4v) is 3.09. The third kappa shape index (κ3) is 4.65. The second-order valence-electron chi connectivity index (χ2n) is 5.71. The summed E-state index contributed by atoms with van der Waals surface area (Å²) in [4.78, 5) is 2.51. The fraction of sp³-hybridized carbons (Fsp3) is 0.625. The van der Waals surface area contributed by atoms with Crippen molar-refractivity contribution < 1.29 is 5.11 Å². The number of phenols is 1. The number of piperidine rings is 1. The highest BCUT2D eigenvalue weighted by molar-refractivity contribution is 6.32. The Hall–Kier alpha value is -0.770. The van der Waals surface area contributed by atoms with Crippen LogP contribution in [-0.2, 0) is 6.54 Å². The van der Waals surface area contributed by atoms with Gasteiger partial charge in [0.15, 0.2) is 0 Å². The summed E-state index contributed by atoms with van der Waals surface area (Å²) >= 11 is 5.99. The predicted molar refractivity (Wildman–Crippen MR) is 84.3 cm³/mol. The van der Waals surface area contributed by atoms with E-state index in [-0.39, 0.29) is 5.75 Å². The SMILES string of the molecule is CCCN(Cc1ccc(O)c(Cl)c1)CC1CCNCC1. The van der Waals surface area contributed by atoms with E-state index >= 15 is 0 Å². The number of aromatic hydroxyl groups is 1. The summed E-state index contributed by atoms with van der Waals surface area (Å²) in [6, 6.07) is 5.53. The van der Waals surface area contributed by atoms with Crippen LogP contribution < -0.4 is 5.32 Å². The first kappa shape index (κ1) is 15.6. The van der Waals surface area contributed by atoms with Crippen molar-refractivity contribution in [3.05, 3.63) is 28.8 Å². The zero-order valence-corrected chi connectivity index (χ0v) is 13.0. The summed E-state index contributed by atoms with van der Waals surface area (Å²) in [6.45, 7) is 7.71. The minimum atomic E-state index is 0.163. The summed E-state index contributed by atoms with van der Waals surface area (Å²) in [5.41, 5.74) is 1.18. The molecule has 0 bridgehead atoms. The molecule has 1 aliphatic heterocycles. The first-order valence-electron chi connectivity index (χ1n) is 7.59. The molecule has 112 valence electrons. The van der Waals surface area contributed by atoms with E-state index in [0.29, 0.717) is 5.02 Å². The lowest BCUT2D eigenvalue weighted by molar-refractivity contribution is 0.199. The zero-order chi connectivity index (χ0) is 14.4. The van der Waals surface area contributed by atoms with E-state index in [1.54, 1.807) is 6.07 Å². The maximum atomic E-state index is 9.49. The van der Waals surface area contributed by atoms with Gasteiger partial charge in [0.2, 0.25) is 0 Å². The number of nitrogens with zero attached hydrogens (tertiary/aromatic N) is 1. The molecule has 0 atom stereocenters. The Morgan fingerprint density at radius 1 is 1.35 bits per heavy atom. The monoisotopic (exact) mass is 296 g/mol. The van der Waals surface area contributed by atoms with Crippen molar-refractivity contribution in [2.45, 2.75) is 32.7 Å². The van der Waals surface area contributed by atoms with Gasteiger partial charge in [-0.1, -0.05) is 24.6 Å².